The molecule has 2 aromatic heterocycles. The molecule has 0 spiro atoms. The van der Waals surface area contributed by atoms with Crippen LogP contribution in [-0.2, 0) is 18.3 Å². The molecule has 1 saturated heterocycles. The molecule has 7 heteroatoms. The minimum atomic E-state index is 0.0784. The molecule has 0 unspecified atom stereocenters. The Hall–Kier alpha value is -2.08. The zero-order chi connectivity index (χ0) is 18.7. The average molecular weight is 376 g/mol. The molecule has 26 heavy (non-hydrogen) atoms. The van der Waals surface area contributed by atoms with Gasteiger partial charge in [-0.2, -0.15) is 5.10 Å². The fraction of sp³-hybridized carbons (Fsp3) is 0.526. The molecule has 0 saturated carbocycles. The Morgan fingerprint density at radius 3 is 2.62 bits per heavy atom. The molecule has 1 N–H and O–H groups in total. The normalized spacial score (nSPS) is 15.3. The second kappa shape index (κ2) is 8.08. The maximum Gasteiger partial charge on any atom is 0.223 e. The van der Waals surface area contributed by atoms with Gasteiger partial charge in [0.2, 0.25) is 5.91 Å². The molecule has 1 amide bonds. The van der Waals surface area contributed by atoms with Crippen molar-refractivity contribution in [2.75, 3.05) is 24.5 Å². The number of aromatic nitrogens is 3. The summed E-state index contributed by atoms with van der Waals surface area (Å²) in [6.07, 6.45) is 4.19. The lowest BCUT2D eigenvalue weighted by Crippen LogP contribution is -2.41. The van der Waals surface area contributed by atoms with E-state index in [1.165, 1.54) is 11.3 Å². The van der Waals surface area contributed by atoms with Crippen molar-refractivity contribution in [2.45, 2.75) is 33.1 Å². The molecular weight excluding hydrogens is 350 g/mol. The number of carbonyl (C=O) groups excluding carboxylic acids is 1. The lowest BCUT2D eigenvalue weighted by Gasteiger charge is -2.32. The quantitative estimate of drug-likeness (QED) is 0.872. The summed E-state index contributed by atoms with van der Waals surface area (Å²) < 4.78 is 1.90. The molecule has 6 nitrogen and oxygen atoms in total. The van der Waals surface area contributed by atoms with Gasteiger partial charge in [0.15, 0.2) is 0 Å². The number of rotatable bonds is 5. The number of pyridine rings is 1. The van der Waals surface area contributed by atoms with Crippen LogP contribution in [0.25, 0.3) is 0 Å². The Bertz CT molecular complexity index is 763. The number of nitrogens with one attached hydrogen (secondary N) is 1. The van der Waals surface area contributed by atoms with E-state index in [1.54, 1.807) is 6.20 Å². The van der Waals surface area contributed by atoms with E-state index in [0.29, 0.717) is 11.6 Å². The predicted molar refractivity (Wildman–Crippen MR) is 104 cm³/mol. The van der Waals surface area contributed by atoms with Gasteiger partial charge in [-0.1, -0.05) is 11.6 Å². The van der Waals surface area contributed by atoms with Crippen molar-refractivity contribution in [2.24, 2.45) is 13.0 Å². The molecule has 1 aliphatic heterocycles. The Morgan fingerprint density at radius 1 is 1.31 bits per heavy atom. The summed E-state index contributed by atoms with van der Waals surface area (Å²) in [7, 11) is 1.95. The van der Waals surface area contributed by atoms with Crippen molar-refractivity contribution < 1.29 is 4.79 Å². The van der Waals surface area contributed by atoms with Crippen molar-refractivity contribution in [3.05, 3.63) is 40.3 Å². The number of carbonyl (C=O) groups is 1. The third-order valence-corrected chi connectivity index (χ3v) is 5.46. The smallest absolute Gasteiger partial charge is 0.223 e. The topological polar surface area (TPSA) is 63.1 Å². The van der Waals surface area contributed by atoms with Crippen LogP contribution in [0.15, 0.2) is 18.3 Å². The standard InChI is InChI=1S/C19H26ClN5O/c1-13-17(14(2)24(3)23-13)6-9-21-19(26)15-7-10-25(11-8-15)18-5-4-16(20)12-22-18/h4-5,12,15H,6-11H2,1-3H3,(H,21,26). The van der Waals surface area contributed by atoms with Gasteiger partial charge < -0.3 is 10.2 Å². The minimum absolute atomic E-state index is 0.0784. The van der Waals surface area contributed by atoms with E-state index in [4.69, 9.17) is 11.6 Å². The van der Waals surface area contributed by atoms with Crippen LogP contribution < -0.4 is 10.2 Å². The van der Waals surface area contributed by atoms with Gasteiger partial charge in [-0.3, -0.25) is 9.48 Å². The van der Waals surface area contributed by atoms with Crippen LogP contribution in [0.4, 0.5) is 5.82 Å². The van der Waals surface area contributed by atoms with E-state index in [2.05, 4.69) is 27.2 Å². The Labute approximate surface area is 159 Å². The van der Waals surface area contributed by atoms with Gasteiger partial charge in [0.1, 0.15) is 5.82 Å². The van der Waals surface area contributed by atoms with Crippen molar-refractivity contribution in [1.29, 1.82) is 0 Å². The molecule has 140 valence electrons. The average Bonchev–Trinajstić information content (AvgIpc) is 2.88. The summed E-state index contributed by atoms with van der Waals surface area (Å²) in [6.45, 7) is 6.43. The molecule has 1 aliphatic rings. The van der Waals surface area contributed by atoms with E-state index >= 15 is 0 Å². The van der Waals surface area contributed by atoms with Gasteiger partial charge in [0.05, 0.1) is 10.7 Å². The van der Waals surface area contributed by atoms with Gasteiger partial charge in [0, 0.05) is 44.5 Å². The zero-order valence-electron chi connectivity index (χ0n) is 15.6. The van der Waals surface area contributed by atoms with Crippen LogP contribution in [0.5, 0.6) is 0 Å². The number of anilines is 1. The highest BCUT2D eigenvalue weighted by Crippen LogP contribution is 2.23. The number of halogens is 1. The number of hydrogen-bond acceptors (Lipinski definition) is 4. The summed E-state index contributed by atoms with van der Waals surface area (Å²) in [4.78, 5) is 19.0. The molecule has 0 aliphatic carbocycles. The first-order chi connectivity index (χ1) is 12.5. The van der Waals surface area contributed by atoms with Crippen LogP contribution >= 0.6 is 11.6 Å². The number of nitrogens with zero attached hydrogens (tertiary/aromatic N) is 4. The molecule has 0 aromatic carbocycles. The summed E-state index contributed by atoms with van der Waals surface area (Å²) in [6, 6.07) is 3.78. The van der Waals surface area contributed by atoms with E-state index in [0.717, 1.165) is 43.9 Å². The largest absolute Gasteiger partial charge is 0.357 e. The maximum atomic E-state index is 12.5. The van der Waals surface area contributed by atoms with Crippen molar-refractivity contribution in [1.82, 2.24) is 20.1 Å². The van der Waals surface area contributed by atoms with Crippen molar-refractivity contribution in [3.8, 4) is 0 Å². The maximum absolute atomic E-state index is 12.5. The third kappa shape index (κ3) is 4.18. The second-order valence-electron chi connectivity index (χ2n) is 6.91. The molecule has 0 atom stereocenters. The molecular formula is C19H26ClN5O. The van der Waals surface area contributed by atoms with E-state index in [-0.39, 0.29) is 11.8 Å². The highest BCUT2D eigenvalue weighted by molar-refractivity contribution is 6.30. The Balaban J connectivity index is 1.45. The first-order valence-electron chi connectivity index (χ1n) is 9.09. The molecule has 1 fully saturated rings. The first-order valence-corrected chi connectivity index (χ1v) is 9.47. The van der Waals surface area contributed by atoms with E-state index < -0.39 is 0 Å². The summed E-state index contributed by atoms with van der Waals surface area (Å²) in [5, 5.41) is 8.16. The summed E-state index contributed by atoms with van der Waals surface area (Å²) in [5.41, 5.74) is 3.44. The minimum Gasteiger partial charge on any atom is -0.357 e. The van der Waals surface area contributed by atoms with Crippen LogP contribution in [0, 0.1) is 19.8 Å². The number of amides is 1. The monoisotopic (exact) mass is 375 g/mol. The van der Waals surface area contributed by atoms with Crippen molar-refractivity contribution >= 4 is 23.3 Å². The van der Waals surface area contributed by atoms with Crippen LogP contribution in [0.2, 0.25) is 5.02 Å². The van der Waals surface area contributed by atoms with E-state index in [1.807, 2.05) is 30.8 Å². The highest BCUT2D eigenvalue weighted by atomic mass is 35.5. The van der Waals surface area contributed by atoms with Crippen LogP contribution in [-0.4, -0.2) is 40.3 Å². The third-order valence-electron chi connectivity index (χ3n) is 5.23. The molecule has 0 bridgehead atoms. The Morgan fingerprint density at radius 2 is 2.04 bits per heavy atom. The SMILES string of the molecule is Cc1nn(C)c(C)c1CCNC(=O)C1CCN(c2ccc(Cl)cn2)CC1. The summed E-state index contributed by atoms with van der Waals surface area (Å²) >= 11 is 5.89. The van der Waals surface area contributed by atoms with Crippen LogP contribution in [0.3, 0.4) is 0 Å². The molecule has 2 aromatic rings. The van der Waals surface area contributed by atoms with Gasteiger partial charge in [-0.25, -0.2) is 4.98 Å². The lowest BCUT2D eigenvalue weighted by molar-refractivity contribution is -0.125. The number of hydrogen-bond donors (Lipinski definition) is 1. The fourth-order valence-corrected chi connectivity index (χ4v) is 3.67. The molecule has 3 rings (SSSR count). The first kappa shape index (κ1) is 18.7. The van der Waals surface area contributed by atoms with Gasteiger partial charge in [-0.05, 0) is 50.8 Å². The van der Waals surface area contributed by atoms with Gasteiger partial charge in [0.25, 0.3) is 0 Å². The second-order valence-corrected chi connectivity index (χ2v) is 7.35. The Kier molecular flexibility index (Phi) is 5.81. The number of piperidine rings is 1. The number of aryl methyl sites for hydroxylation is 2. The van der Waals surface area contributed by atoms with Gasteiger partial charge >= 0.3 is 0 Å². The fourth-order valence-electron chi connectivity index (χ4n) is 3.56. The summed E-state index contributed by atoms with van der Waals surface area (Å²) in [5.74, 6) is 1.17. The lowest BCUT2D eigenvalue weighted by atomic mass is 9.96. The van der Waals surface area contributed by atoms with E-state index in [9.17, 15) is 4.79 Å². The highest BCUT2D eigenvalue weighted by Gasteiger charge is 2.25. The van der Waals surface area contributed by atoms with Crippen LogP contribution in [0.1, 0.15) is 29.8 Å². The van der Waals surface area contributed by atoms with Crippen molar-refractivity contribution in [3.63, 3.8) is 0 Å². The predicted octanol–water partition coefficient (Wildman–Crippen LogP) is 2.66. The molecule has 3 heterocycles. The van der Waals surface area contributed by atoms with Gasteiger partial charge in [-0.15, -0.1) is 0 Å². The molecule has 0 radical (unpaired) electrons. The zero-order valence-corrected chi connectivity index (χ0v) is 16.4.